The van der Waals surface area contributed by atoms with Crippen molar-refractivity contribution in [3.63, 3.8) is 0 Å². The van der Waals surface area contributed by atoms with E-state index in [0.29, 0.717) is 5.82 Å². The van der Waals surface area contributed by atoms with E-state index < -0.39 is 36.4 Å². The van der Waals surface area contributed by atoms with Crippen LogP contribution in [0.1, 0.15) is 24.2 Å². The first-order valence-electron chi connectivity index (χ1n) is 10.7. The number of rotatable bonds is 5. The highest BCUT2D eigenvalue weighted by Gasteiger charge is 2.50. The predicted molar refractivity (Wildman–Crippen MR) is 117 cm³/mol. The molecule has 1 aliphatic carbocycles. The smallest absolute Gasteiger partial charge is 0.257 e. The van der Waals surface area contributed by atoms with Gasteiger partial charge in [0.2, 0.25) is 0 Å². The Kier molecular flexibility index (Phi) is 5.54. The quantitative estimate of drug-likeness (QED) is 0.268. The number of benzene rings is 2. The van der Waals surface area contributed by atoms with Gasteiger partial charge in [-0.2, -0.15) is 4.98 Å². The molecule has 0 amide bonds. The standard InChI is InChI=1S/C24H17F6N5/c1-13-32-33-23-31-21(19-15(25)5-3-6-16(19)35(13)23)34(12-18(26)27)17-7-2-4-14(20(17)28)8-9-24(10-11-24)22(29)30/h2-7,18,22H,10-12H2,1H3. The van der Waals surface area contributed by atoms with Crippen LogP contribution in [-0.4, -0.2) is 39.0 Å². The van der Waals surface area contributed by atoms with Gasteiger partial charge in [0.1, 0.15) is 17.5 Å². The van der Waals surface area contributed by atoms with Crippen molar-refractivity contribution >= 4 is 28.2 Å². The Bertz CT molecular complexity index is 1500. The highest BCUT2D eigenvalue weighted by atomic mass is 19.3. The maximum absolute atomic E-state index is 15.5. The monoisotopic (exact) mass is 489 g/mol. The van der Waals surface area contributed by atoms with Crippen LogP contribution >= 0.6 is 0 Å². The molecule has 5 nitrogen and oxygen atoms in total. The molecule has 4 aromatic rings. The molecule has 0 N–H and O–H groups in total. The fourth-order valence-corrected chi connectivity index (χ4v) is 3.96. The number of nitrogens with zero attached hydrogens (tertiary/aromatic N) is 5. The van der Waals surface area contributed by atoms with Gasteiger partial charge < -0.3 is 4.90 Å². The topological polar surface area (TPSA) is 46.3 Å². The molecule has 35 heavy (non-hydrogen) atoms. The van der Waals surface area contributed by atoms with Crippen LogP contribution in [0, 0.1) is 35.8 Å². The lowest BCUT2D eigenvalue weighted by Crippen LogP contribution is -2.26. The Morgan fingerprint density at radius 1 is 1.06 bits per heavy atom. The van der Waals surface area contributed by atoms with Crippen LogP contribution in [0.2, 0.25) is 0 Å². The van der Waals surface area contributed by atoms with Gasteiger partial charge in [0.25, 0.3) is 18.6 Å². The number of fused-ring (bicyclic) bond motifs is 3. The largest absolute Gasteiger partial charge is 0.317 e. The summed E-state index contributed by atoms with van der Waals surface area (Å²) in [5.41, 5.74) is -1.80. The van der Waals surface area contributed by atoms with Crippen LogP contribution in [0.15, 0.2) is 36.4 Å². The van der Waals surface area contributed by atoms with Crippen molar-refractivity contribution in [3.8, 4) is 11.8 Å². The normalized spacial score (nSPS) is 14.5. The van der Waals surface area contributed by atoms with Crippen LogP contribution in [0.25, 0.3) is 16.7 Å². The number of hydrogen-bond donors (Lipinski definition) is 0. The molecule has 1 fully saturated rings. The van der Waals surface area contributed by atoms with Crippen molar-refractivity contribution < 1.29 is 26.3 Å². The molecule has 2 aromatic carbocycles. The minimum atomic E-state index is -2.95. The maximum Gasteiger partial charge on any atom is 0.257 e. The average Bonchev–Trinajstić information content (AvgIpc) is 3.53. The molecule has 0 atom stereocenters. The first kappa shape index (κ1) is 23.0. The van der Waals surface area contributed by atoms with Gasteiger partial charge in [-0.05, 0) is 44.0 Å². The Hall–Kier alpha value is -3.81. The highest BCUT2D eigenvalue weighted by Crippen LogP contribution is 2.50. The van der Waals surface area contributed by atoms with Crippen molar-refractivity contribution in [1.82, 2.24) is 19.6 Å². The van der Waals surface area contributed by atoms with Crippen molar-refractivity contribution in [3.05, 3.63) is 59.4 Å². The first-order valence-corrected chi connectivity index (χ1v) is 10.7. The summed E-state index contributed by atoms with van der Waals surface area (Å²) in [6.45, 7) is 0.602. The van der Waals surface area contributed by atoms with Gasteiger partial charge in [-0.3, -0.25) is 4.40 Å². The summed E-state index contributed by atoms with van der Waals surface area (Å²) in [5.74, 6) is 3.23. The average molecular weight is 489 g/mol. The summed E-state index contributed by atoms with van der Waals surface area (Å²) in [4.78, 5) is 5.09. The molecular weight excluding hydrogens is 472 g/mol. The summed E-state index contributed by atoms with van der Waals surface area (Å²) in [6.07, 6.45) is -5.22. The summed E-state index contributed by atoms with van der Waals surface area (Å²) < 4.78 is 85.8. The molecule has 0 aliphatic heterocycles. The van der Waals surface area contributed by atoms with E-state index in [1.807, 2.05) is 0 Å². The van der Waals surface area contributed by atoms with E-state index in [1.165, 1.54) is 28.7 Å². The van der Waals surface area contributed by atoms with Crippen molar-refractivity contribution in [2.75, 3.05) is 11.4 Å². The first-order chi connectivity index (χ1) is 16.7. The van der Waals surface area contributed by atoms with Crippen molar-refractivity contribution in [2.24, 2.45) is 5.41 Å². The van der Waals surface area contributed by atoms with Gasteiger partial charge in [0.05, 0.1) is 34.1 Å². The van der Waals surface area contributed by atoms with Gasteiger partial charge >= 0.3 is 0 Å². The van der Waals surface area contributed by atoms with Gasteiger partial charge in [-0.25, -0.2) is 26.3 Å². The molecule has 0 unspecified atom stereocenters. The lowest BCUT2D eigenvalue weighted by molar-refractivity contribution is 0.0921. The van der Waals surface area contributed by atoms with E-state index in [9.17, 15) is 17.6 Å². The molecule has 11 heteroatoms. The number of alkyl halides is 4. The second-order valence-corrected chi connectivity index (χ2v) is 8.30. The number of hydrogen-bond acceptors (Lipinski definition) is 4. The molecule has 0 saturated heterocycles. The number of halogens is 6. The third-order valence-corrected chi connectivity index (χ3v) is 5.97. The summed E-state index contributed by atoms with van der Waals surface area (Å²) in [5, 5.41) is 7.70. The fraction of sp³-hybridized carbons (Fsp3) is 0.292. The lowest BCUT2D eigenvalue weighted by Gasteiger charge is -2.26. The summed E-state index contributed by atoms with van der Waals surface area (Å²) >= 11 is 0. The van der Waals surface area contributed by atoms with Gasteiger partial charge in [-0.1, -0.05) is 24.0 Å². The van der Waals surface area contributed by atoms with E-state index in [-0.39, 0.29) is 46.6 Å². The molecule has 2 heterocycles. The number of anilines is 2. The summed E-state index contributed by atoms with van der Waals surface area (Å²) in [6, 6.07) is 7.97. The van der Waals surface area contributed by atoms with E-state index >= 15 is 8.78 Å². The van der Waals surface area contributed by atoms with E-state index in [0.717, 1.165) is 11.0 Å². The van der Waals surface area contributed by atoms with E-state index in [4.69, 9.17) is 0 Å². The molecule has 180 valence electrons. The van der Waals surface area contributed by atoms with Crippen molar-refractivity contribution in [2.45, 2.75) is 32.6 Å². The van der Waals surface area contributed by atoms with E-state index in [1.54, 1.807) is 13.0 Å². The molecule has 1 saturated carbocycles. The second-order valence-electron chi connectivity index (χ2n) is 8.30. The fourth-order valence-electron chi connectivity index (χ4n) is 3.96. The zero-order valence-electron chi connectivity index (χ0n) is 18.2. The zero-order chi connectivity index (χ0) is 24.9. The zero-order valence-corrected chi connectivity index (χ0v) is 18.2. The Morgan fingerprint density at radius 2 is 1.80 bits per heavy atom. The Balaban J connectivity index is 1.72. The van der Waals surface area contributed by atoms with Crippen LogP contribution in [0.4, 0.5) is 37.8 Å². The molecule has 0 radical (unpaired) electrons. The SMILES string of the molecule is Cc1nnc2nc(N(CC(F)F)c3cccc(C#CC4(C(F)F)CC4)c3F)c3c(F)cccc3n12. The summed E-state index contributed by atoms with van der Waals surface area (Å²) in [7, 11) is 0. The Morgan fingerprint density at radius 3 is 2.49 bits per heavy atom. The van der Waals surface area contributed by atoms with Crippen molar-refractivity contribution in [1.29, 1.82) is 0 Å². The highest BCUT2D eigenvalue weighted by molar-refractivity contribution is 5.94. The van der Waals surface area contributed by atoms with E-state index in [2.05, 4.69) is 27.0 Å². The minimum absolute atomic E-state index is 0.0128. The third-order valence-electron chi connectivity index (χ3n) is 5.97. The predicted octanol–water partition coefficient (Wildman–Crippen LogP) is 5.66. The molecule has 2 aromatic heterocycles. The second kappa shape index (κ2) is 8.45. The van der Waals surface area contributed by atoms with Gasteiger partial charge in [0, 0.05) is 0 Å². The lowest BCUT2D eigenvalue weighted by atomic mass is 10.1. The van der Waals surface area contributed by atoms with Crippen LogP contribution in [0.5, 0.6) is 0 Å². The van der Waals surface area contributed by atoms with Crippen LogP contribution < -0.4 is 4.90 Å². The molecular formula is C24H17F6N5. The molecule has 1 aliphatic rings. The minimum Gasteiger partial charge on any atom is -0.317 e. The number of aromatic nitrogens is 4. The van der Waals surface area contributed by atoms with Crippen LogP contribution in [-0.2, 0) is 0 Å². The Labute approximate surface area is 195 Å². The van der Waals surface area contributed by atoms with Gasteiger partial charge in [0.15, 0.2) is 5.82 Å². The number of aryl methyl sites for hydroxylation is 1. The molecule has 0 spiro atoms. The molecule has 5 rings (SSSR count). The van der Waals surface area contributed by atoms with Crippen LogP contribution in [0.3, 0.4) is 0 Å². The van der Waals surface area contributed by atoms with Gasteiger partial charge in [-0.15, -0.1) is 10.2 Å². The molecule has 0 bridgehead atoms. The maximum atomic E-state index is 15.5. The third kappa shape index (κ3) is 3.92.